The van der Waals surface area contributed by atoms with Gasteiger partial charge in [0.1, 0.15) is 11.8 Å². The van der Waals surface area contributed by atoms with Crippen LogP contribution in [0.2, 0.25) is 0 Å². The molecule has 0 aliphatic heterocycles. The molecule has 2 rings (SSSR count). The van der Waals surface area contributed by atoms with E-state index in [1.165, 1.54) is 4.90 Å². The van der Waals surface area contributed by atoms with Gasteiger partial charge in [0, 0.05) is 22.7 Å². The van der Waals surface area contributed by atoms with Gasteiger partial charge in [0.25, 0.3) is 0 Å². The van der Waals surface area contributed by atoms with Crippen LogP contribution >= 0.6 is 11.8 Å². The molecule has 0 aliphatic carbocycles. The summed E-state index contributed by atoms with van der Waals surface area (Å²) >= 11 is 1.69. The Morgan fingerprint density at radius 3 is 2.36 bits per heavy atom. The van der Waals surface area contributed by atoms with Gasteiger partial charge in [-0.1, -0.05) is 39.1 Å². The molecule has 0 unspecified atom stereocenters. The van der Waals surface area contributed by atoms with E-state index in [4.69, 9.17) is 4.74 Å². The fourth-order valence-corrected chi connectivity index (χ4v) is 2.97. The van der Waals surface area contributed by atoms with Gasteiger partial charge in [-0.05, 0) is 30.9 Å². The van der Waals surface area contributed by atoms with E-state index in [9.17, 15) is 5.26 Å². The van der Waals surface area contributed by atoms with Crippen molar-refractivity contribution in [1.29, 1.82) is 5.26 Å². The van der Waals surface area contributed by atoms with Crippen LogP contribution in [0.3, 0.4) is 0 Å². The van der Waals surface area contributed by atoms with Gasteiger partial charge in [-0.3, -0.25) is 0 Å². The molecule has 0 N–H and O–H groups in total. The number of nitriles is 1. The first-order chi connectivity index (χ1) is 12.1. The molecule has 1 aromatic heterocycles. The third-order valence-electron chi connectivity index (χ3n) is 3.76. The third-order valence-corrected chi connectivity index (χ3v) is 4.50. The van der Waals surface area contributed by atoms with Crippen molar-refractivity contribution in [3.63, 3.8) is 0 Å². The Labute approximate surface area is 154 Å². The van der Waals surface area contributed by atoms with E-state index in [-0.39, 0.29) is 0 Å². The maximum atomic E-state index is 9.61. The normalized spacial score (nSPS) is 10.6. The summed E-state index contributed by atoms with van der Waals surface area (Å²) < 4.78 is 7.23. The van der Waals surface area contributed by atoms with Gasteiger partial charge in [0.05, 0.1) is 23.7 Å². The zero-order valence-electron chi connectivity index (χ0n) is 15.7. The molecule has 2 aromatic rings. The van der Waals surface area contributed by atoms with Crippen LogP contribution < -0.4 is 10.6 Å². The largest absolute Gasteiger partial charge is 0.497 e. The van der Waals surface area contributed by atoms with Crippen molar-refractivity contribution in [3.8, 4) is 17.3 Å². The second-order valence-corrected chi connectivity index (χ2v) is 5.87. The van der Waals surface area contributed by atoms with Crippen molar-refractivity contribution in [2.75, 3.05) is 13.4 Å². The lowest BCUT2D eigenvalue weighted by Gasteiger charge is -2.09. The molecule has 0 saturated carbocycles. The highest BCUT2D eigenvalue weighted by molar-refractivity contribution is 7.98. The summed E-state index contributed by atoms with van der Waals surface area (Å²) in [7, 11) is 1.58. The van der Waals surface area contributed by atoms with Crippen LogP contribution in [0, 0.1) is 11.3 Å². The molecular weight excluding hydrogens is 328 g/mol. The molecule has 0 fully saturated rings. The van der Waals surface area contributed by atoms with Crippen molar-refractivity contribution in [2.24, 2.45) is 0 Å². The predicted molar refractivity (Wildman–Crippen MR) is 109 cm³/mol. The van der Waals surface area contributed by atoms with E-state index in [0.717, 1.165) is 23.2 Å². The van der Waals surface area contributed by atoms with Crippen LogP contribution in [0.5, 0.6) is 0 Å². The molecule has 3 nitrogen and oxygen atoms in total. The number of nitrogens with zero attached hydrogens (tertiary/aromatic N) is 2. The molecule has 0 amide bonds. The second kappa shape index (κ2) is 9.80. The van der Waals surface area contributed by atoms with Crippen LogP contribution in [0.1, 0.15) is 26.3 Å². The van der Waals surface area contributed by atoms with E-state index < -0.39 is 0 Å². The summed E-state index contributed by atoms with van der Waals surface area (Å²) in [6.45, 7) is 14.7. The minimum Gasteiger partial charge on any atom is -0.497 e. The Bertz CT molecular complexity index is 871. The lowest BCUT2D eigenvalue weighted by atomic mass is 10.1. The molecule has 0 atom stereocenters. The summed E-state index contributed by atoms with van der Waals surface area (Å²) in [5.74, 6) is 0.538. The number of thioether (sulfide) groups is 1. The molecule has 1 aromatic carbocycles. The zero-order chi connectivity index (χ0) is 19.0. The Kier molecular flexibility index (Phi) is 8.10. The number of hydrogen-bond donors (Lipinski definition) is 0. The Morgan fingerprint density at radius 1 is 1.32 bits per heavy atom. The fraction of sp³-hybridized carbons (Fsp3) is 0.286. The maximum absolute atomic E-state index is 9.61. The SMILES string of the molecule is C=C(/C=c1\c(=C)c(C#N)c(-c2ccc(SC)cc2)n1CC)OC.CC. The standard InChI is InChI=1S/C19H20N2OS.C2H6/c1-6-21-18(11-13(2)22-4)14(3)17(12-20)19(21)15-7-9-16(23-5)10-8-15;1-2/h7-11H,2-3,6H2,1,4-5H3;1-2H3/b18-11+;. The van der Waals surface area contributed by atoms with Crippen molar-refractivity contribution in [1.82, 2.24) is 4.57 Å². The first-order valence-electron chi connectivity index (χ1n) is 8.27. The van der Waals surface area contributed by atoms with Crippen LogP contribution in [-0.2, 0) is 11.3 Å². The lowest BCUT2D eigenvalue weighted by Crippen LogP contribution is -2.29. The van der Waals surface area contributed by atoms with Gasteiger partial charge in [0.2, 0.25) is 0 Å². The average Bonchev–Trinajstić information content (AvgIpc) is 2.94. The smallest absolute Gasteiger partial charge is 0.113 e. The fourth-order valence-electron chi connectivity index (χ4n) is 2.56. The Morgan fingerprint density at radius 2 is 1.92 bits per heavy atom. The minimum absolute atomic E-state index is 0.538. The van der Waals surface area contributed by atoms with Crippen molar-refractivity contribution in [2.45, 2.75) is 32.2 Å². The molecule has 0 bridgehead atoms. The number of rotatable bonds is 5. The minimum atomic E-state index is 0.538. The van der Waals surface area contributed by atoms with Gasteiger partial charge in [0.15, 0.2) is 0 Å². The van der Waals surface area contributed by atoms with E-state index in [1.807, 2.05) is 45.2 Å². The molecule has 25 heavy (non-hydrogen) atoms. The average molecular weight is 355 g/mol. The third kappa shape index (κ3) is 4.37. The predicted octanol–water partition coefficient (Wildman–Crippen LogP) is 4.15. The van der Waals surface area contributed by atoms with Crippen LogP contribution in [0.15, 0.2) is 41.5 Å². The first kappa shape index (κ1) is 20.7. The number of benzene rings is 1. The molecule has 0 saturated heterocycles. The molecule has 0 aliphatic rings. The Hall–Kier alpha value is -2.38. The van der Waals surface area contributed by atoms with Crippen LogP contribution in [-0.4, -0.2) is 17.9 Å². The van der Waals surface area contributed by atoms with E-state index >= 15 is 0 Å². The molecular formula is C21H26N2OS. The highest BCUT2D eigenvalue weighted by atomic mass is 32.2. The summed E-state index contributed by atoms with van der Waals surface area (Å²) in [4.78, 5) is 1.19. The molecule has 132 valence electrons. The molecule has 1 heterocycles. The number of allylic oxidation sites excluding steroid dienone is 1. The highest BCUT2D eigenvalue weighted by Gasteiger charge is 2.15. The number of ether oxygens (including phenoxy) is 1. The highest BCUT2D eigenvalue weighted by Crippen LogP contribution is 2.24. The molecule has 0 spiro atoms. The van der Waals surface area contributed by atoms with E-state index in [2.05, 4.69) is 35.9 Å². The van der Waals surface area contributed by atoms with Gasteiger partial charge < -0.3 is 9.30 Å². The first-order valence-corrected chi connectivity index (χ1v) is 9.50. The van der Waals surface area contributed by atoms with Crippen molar-refractivity contribution < 1.29 is 4.74 Å². The molecule has 0 radical (unpaired) electrons. The lowest BCUT2D eigenvalue weighted by molar-refractivity contribution is 0.315. The zero-order valence-corrected chi connectivity index (χ0v) is 16.5. The van der Waals surface area contributed by atoms with Gasteiger partial charge >= 0.3 is 0 Å². The summed E-state index contributed by atoms with van der Waals surface area (Å²) in [6.07, 6.45) is 3.87. The molecule has 4 heteroatoms. The quantitative estimate of drug-likeness (QED) is 0.598. The summed E-state index contributed by atoms with van der Waals surface area (Å²) in [6, 6.07) is 10.5. The number of aromatic nitrogens is 1. The second-order valence-electron chi connectivity index (χ2n) is 4.99. The monoisotopic (exact) mass is 354 g/mol. The van der Waals surface area contributed by atoms with Crippen LogP contribution in [0.25, 0.3) is 23.9 Å². The van der Waals surface area contributed by atoms with Crippen molar-refractivity contribution in [3.05, 3.63) is 52.7 Å². The Balaban J connectivity index is 0.00000151. The number of hydrogen-bond acceptors (Lipinski definition) is 3. The van der Waals surface area contributed by atoms with E-state index in [1.54, 1.807) is 18.9 Å². The van der Waals surface area contributed by atoms with Crippen LogP contribution in [0.4, 0.5) is 0 Å². The van der Waals surface area contributed by atoms with Gasteiger partial charge in [-0.15, -0.1) is 11.8 Å². The van der Waals surface area contributed by atoms with Gasteiger partial charge in [-0.25, -0.2) is 0 Å². The van der Waals surface area contributed by atoms with Crippen molar-refractivity contribution >= 4 is 24.4 Å². The number of methoxy groups -OCH3 is 1. The summed E-state index contributed by atoms with van der Waals surface area (Å²) in [5.41, 5.74) is 2.50. The van der Waals surface area contributed by atoms with Gasteiger partial charge in [-0.2, -0.15) is 5.26 Å². The van der Waals surface area contributed by atoms with E-state index in [0.29, 0.717) is 16.5 Å². The maximum Gasteiger partial charge on any atom is 0.113 e. The topological polar surface area (TPSA) is 38.0 Å². The summed E-state index contributed by atoms with van der Waals surface area (Å²) in [5, 5.41) is 11.2.